The van der Waals surface area contributed by atoms with Crippen LogP contribution in [-0.4, -0.2) is 44.4 Å². The summed E-state index contributed by atoms with van der Waals surface area (Å²) in [6, 6.07) is 3.50. The van der Waals surface area contributed by atoms with Gasteiger partial charge in [0.2, 0.25) is 17.4 Å². The molecule has 1 unspecified atom stereocenters. The van der Waals surface area contributed by atoms with Gasteiger partial charge < -0.3 is 18.9 Å². The third-order valence-electron chi connectivity index (χ3n) is 3.86. The maximum absolute atomic E-state index is 14.3. The standard InChI is InChI=1S/C17H9F4IO9S/c18-10-12(20)15(32(25,26)27)13(21)11(19)14(10)31-9-2-1-6(22)3-8(9)16(23)28-4-7-5-29-17(24)30-7/h1-3,7H,4-5H2,(H,25,26,27). The Morgan fingerprint density at radius 3 is 2.31 bits per heavy atom. The number of carbonyl (C=O) groups excluding carboxylic acids is 2. The van der Waals surface area contributed by atoms with Crippen LogP contribution in [0.5, 0.6) is 11.5 Å². The highest BCUT2D eigenvalue weighted by Crippen LogP contribution is 2.36. The lowest BCUT2D eigenvalue weighted by atomic mass is 10.2. The molecule has 0 bridgehead atoms. The molecule has 1 fully saturated rings. The summed E-state index contributed by atoms with van der Waals surface area (Å²) in [7, 11) is -5.65. The fraction of sp³-hybridized carbons (Fsp3) is 0.176. The zero-order valence-electron chi connectivity index (χ0n) is 15.2. The summed E-state index contributed by atoms with van der Waals surface area (Å²) in [5.74, 6) is -12.8. The number of hydrogen-bond donors (Lipinski definition) is 1. The lowest BCUT2D eigenvalue weighted by Gasteiger charge is -2.15. The van der Waals surface area contributed by atoms with Crippen LogP contribution < -0.4 is 4.74 Å². The predicted molar refractivity (Wildman–Crippen MR) is 102 cm³/mol. The van der Waals surface area contributed by atoms with Crippen LogP contribution in [0.1, 0.15) is 10.4 Å². The average molecular weight is 592 g/mol. The Kier molecular flexibility index (Phi) is 6.80. The van der Waals surface area contributed by atoms with Crippen molar-refractivity contribution in [2.75, 3.05) is 13.2 Å². The third-order valence-corrected chi connectivity index (χ3v) is 5.41. The van der Waals surface area contributed by atoms with E-state index in [1.165, 1.54) is 6.07 Å². The third kappa shape index (κ3) is 4.88. The SMILES string of the molecule is O=C1OCC(COC(=O)c2cc(I)ccc2Oc2c(F)c(F)c(S(=O)(=O)O)c(F)c2F)O1. The van der Waals surface area contributed by atoms with Gasteiger partial charge in [0.15, 0.2) is 22.6 Å². The van der Waals surface area contributed by atoms with Crippen molar-refractivity contribution in [1.29, 1.82) is 0 Å². The Hall–Kier alpha value is -2.66. The van der Waals surface area contributed by atoms with Crippen LogP contribution >= 0.6 is 22.6 Å². The van der Waals surface area contributed by atoms with Crippen molar-refractivity contribution in [2.24, 2.45) is 0 Å². The summed E-state index contributed by atoms with van der Waals surface area (Å²) < 4.78 is 107. The van der Waals surface area contributed by atoms with Crippen LogP contribution in [0, 0.1) is 26.8 Å². The fourth-order valence-corrected chi connectivity index (χ4v) is 3.59. The van der Waals surface area contributed by atoms with Crippen molar-refractivity contribution in [1.82, 2.24) is 0 Å². The van der Waals surface area contributed by atoms with Gasteiger partial charge >= 0.3 is 22.2 Å². The molecule has 1 atom stereocenters. The van der Waals surface area contributed by atoms with Crippen LogP contribution in [0.2, 0.25) is 0 Å². The number of cyclic esters (lactones) is 2. The molecule has 0 aliphatic carbocycles. The molecular weight excluding hydrogens is 583 g/mol. The zero-order chi connectivity index (χ0) is 23.8. The monoisotopic (exact) mass is 592 g/mol. The first-order valence-electron chi connectivity index (χ1n) is 8.21. The Balaban J connectivity index is 1.95. The zero-order valence-corrected chi connectivity index (χ0v) is 18.2. The Morgan fingerprint density at radius 2 is 1.78 bits per heavy atom. The molecule has 172 valence electrons. The average Bonchev–Trinajstić information content (AvgIpc) is 3.13. The molecule has 32 heavy (non-hydrogen) atoms. The van der Waals surface area contributed by atoms with E-state index < -0.39 is 80.2 Å². The fourth-order valence-electron chi connectivity index (χ4n) is 2.46. The minimum atomic E-state index is -5.65. The first kappa shape index (κ1) is 24.0. The first-order chi connectivity index (χ1) is 14.9. The van der Waals surface area contributed by atoms with Gasteiger partial charge in [0, 0.05) is 3.57 Å². The molecule has 1 heterocycles. The normalized spacial score (nSPS) is 15.8. The molecule has 2 aromatic rings. The number of esters is 1. The van der Waals surface area contributed by atoms with Crippen molar-refractivity contribution < 1.29 is 59.1 Å². The summed E-state index contributed by atoms with van der Waals surface area (Å²) in [5, 5.41) is 0. The molecule has 0 aromatic heterocycles. The van der Waals surface area contributed by atoms with Gasteiger partial charge in [-0.05, 0) is 40.8 Å². The number of rotatable bonds is 6. The van der Waals surface area contributed by atoms with Gasteiger partial charge in [-0.3, -0.25) is 4.55 Å². The van der Waals surface area contributed by atoms with Crippen LogP contribution in [0.3, 0.4) is 0 Å². The van der Waals surface area contributed by atoms with E-state index in [4.69, 9.17) is 14.0 Å². The van der Waals surface area contributed by atoms with E-state index in [9.17, 15) is 35.6 Å². The van der Waals surface area contributed by atoms with Crippen molar-refractivity contribution >= 4 is 44.8 Å². The van der Waals surface area contributed by atoms with Crippen LogP contribution in [0.15, 0.2) is 23.1 Å². The number of hydrogen-bond acceptors (Lipinski definition) is 8. The quantitative estimate of drug-likeness (QED) is 0.176. The molecular formula is C17H9F4IO9S. The van der Waals surface area contributed by atoms with Crippen molar-refractivity contribution in [3.8, 4) is 11.5 Å². The van der Waals surface area contributed by atoms with Crippen molar-refractivity contribution in [3.05, 3.63) is 50.6 Å². The summed E-state index contributed by atoms with van der Waals surface area (Å²) >= 11 is 1.78. The van der Waals surface area contributed by atoms with E-state index in [0.717, 1.165) is 12.1 Å². The molecule has 0 spiro atoms. The predicted octanol–water partition coefficient (Wildman–Crippen LogP) is 3.58. The Labute approximate surface area is 190 Å². The molecule has 0 saturated carbocycles. The van der Waals surface area contributed by atoms with Gasteiger partial charge in [0.05, 0.1) is 0 Å². The molecule has 15 heteroatoms. The van der Waals surface area contributed by atoms with E-state index in [1.807, 2.05) is 0 Å². The van der Waals surface area contributed by atoms with Crippen LogP contribution in [0.4, 0.5) is 22.4 Å². The lowest BCUT2D eigenvalue weighted by molar-refractivity contribution is 0.0297. The Bertz CT molecular complexity index is 1190. The summed E-state index contributed by atoms with van der Waals surface area (Å²) in [5.41, 5.74) is -0.430. The topological polar surface area (TPSA) is 125 Å². The summed E-state index contributed by atoms with van der Waals surface area (Å²) in [6.07, 6.45) is -1.86. The highest BCUT2D eigenvalue weighted by molar-refractivity contribution is 14.1. The number of benzene rings is 2. The molecule has 1 aliphatic heterocycles. The van der Waals surface area contributed by atoms with E-state index in [-0.39, 0.29) is 6.61 Å². The van der Waals surface area contributed by atoms with Gasteiger partial charge in [-0.25, -0.2) is 18.4 Å². The lowest BCUT2D eigenvalue weighted by Crippen LogP contribution is -2.21. The largest absolute Gasteiger partial charge is 0.508 e. The van der Waals surface area contributed by atoms with Gasteiger partial charge in [-0.2, -0.15) is 17.2 Å². The second-order valence-corrected chi connectivity index (χ2v) is 8.64. The first-order valence-corrected chi connectivity index (χ1v) is 10.7. The minimum Gasteiger partial charge on any atom is -0.458 e. The second kappa shape index (κ2) is 9.07. The van der Waals surface area contributed by atoms with Gasteiger partial charge in [-0.15, -0.1) is 0 Å². The van der Waals surface area contributed by atoms with E-state index in [2.05, 4.69) is 9.47 Å². The van der Waals surface area contributed by atoms with Gasteiger partial charge in [0.25, 0.3) is 0 Å². The molecule has 2 aromatic carbocycles. The van der Waals surface area contributed by atoms with Gasteiger partial charge in [-0.1, -0.05) is 0 Å². The number of ether oxygens (including phenoxy) is 4. The highest BCUT2D eigenvalue weighted by atomic mass is 127. The maximum Gasteiger partial charge on any atom is 0.508 e. The molecule has 1 aliphatic rings. The maximum atomic E-state index is 14.3. The summed E-state index contributed by atoms with van der Waals surface area (Å²) in [6.45, 7) is -0.624. The second-order valence-electron chi connectivity index (χ2n) is 6.03. The molecule has 0 amide bonds. The molecule has 3 rings (SSSR count). The molecule has 1 saturated heterocycles. The highest BCUT2D eigenvalue weighted by Gasteiger charge is 2.34. The van der Waals surface area contributed by atoms with E-state index in [1.54, 1.807) is 22.6 Å². The van der Waals surface area contributed by atoms with Crippen LogP contribution in [0.25, 0.3) is 0 Å². The van der Waals surface area contributed by atoms with Crippen molar-refractivity contribution in [3.63, 3.8) is 0 Å². The Morgan fingerprint density at radius 1 is 1.16 bits per heavy atom. The van der Waals surface area contributed by atoms with Crippen molar-refractivity contribution in [2.45, 2.75) is 11.0 Å². The minimum absolute atomic E-state index is 0.184. The van der Waals surface area contributed by atoms with Gasteiger partial charge in [0.1, 0.15) is 24.5 Å². The van der Waals surface area contributed by atoms with Crippen LogP contribution in [-0.2, 0) is 24.3 Å². The number of carbonyl (C=O) groups is 2. The summed E-state index contributed by atoms with van der Waals surface area (Å²) in [4.78, 5) is 21.0. The smallest absolute Gasteiger partial charge is 0.458 e. The number of halogens is 5. The van der Waals surface area contributed by atoms with E-state index >= 15 is 0 Å². The molecule has 1 N–H and O–H groups in total. The van der Waals surface area contributed by atoms with E-state index in [0.29, 0.717) is 3.57 Å². The molecule has 9 nitrogen and oxygen atoms in total. The molecule has 0 radical (unpaired) electrons.